The van der Waals surface area contributed by atoms with Crippen LogP contribution in [0, 0.1) is 0 Å². The van der Waals surface area contributed by atoms with E-state index in [2.05, 4.69) is 287 Å². The number of aromatic nitrogens is 2. The standard InChI is InChI=1S/C66H45N3/c1-5-21-47(22-6-1)53-29-13-14-31-57(53)65-54(48-23-7-2-8-24-48)33-19-36-61(65)69(63-38-20-37-62-66(63)58-32-16-18-35-60(58)67(62)50-25-9-3-10-26-50)52-42-39-46(40-43-52)49-41-44-56-55-30-15-17-34-59(55)68(64(56)45-49)51-27-11-4-12-28-51/h1-45H. The molecule has 0 fully saturated rings. The lowest BCUT2D eigenvalue weighted by Crippen LogP contribution is -2.12. The summed E-state index contributed by atoms with van der Waals surface area (Å²) in [7, 11) is 0. The van der Waals surface area contributed by atoms with Gasteiger partial charge in [-0.3, -0.25) is 0 Å². The molecule has 2 heterocycles. The van der Waals surface area contributed by atoms with Crippen molar-refractivity contribution in [3.05, 3.63) is 273 Å². The first-order valence-electron chi connectivity index (χ1n) is 23.7. The van der Waals surface area contributed by atoms with E-state index in [0.717, 1.165) is 61.7 Å². The highest BCUT2D eigenvalue weighted by atomic mass is 15.2. The molecule has 0 saturated carbocycles. The first-order chi connectivity index (χ1) is 34.3. The molecule has 3 nitrogen and oxygen atoms in total. The molecule has 0 unspecified atom stereocenters. The van der Waals surface area contributed by atoms with Crippen molar-refractivity contribution in [3.8, 4) is 55.9 Å². The van der Waals surface area contributed by atoms with Crippen molar-refractivity contribution in [1.29, 1.82) is 0 Å². The van der Waals surface area contributed by atoms with Crippen molar-refractivity contribution >= 4 is 60.7 Å². The molecule has 0 saturated heterocycles. The summed E-state index contributed by atoms with van der Waals surface area (Å²) in [5, 5.41) is 4.87. The van der Waals surface area contributed by atoms with E-state index in [1.165, 1.54) is 54.8 Å². The van der Waals surface area contributed by atoms with Crippen LogP contribution in [0.3, 0.4) is 0 Å². The Labute approximate surface area is 401 Å². The predicted molar refractivity (Wildman–Crippen MR) is 292 cm³/mol. The zero-order valence-electron chi connectivity index (χ0n) is 37.8. The van der Waals surface area contributed by atoms with Gasteiger partial charge < -0.3 is 14.0 Å². The topological polar surface area (TPSA) is 13.1 Å². The van der Waals surface area contributed by atoms with Crippen LogP contribution in [-0.4, -0.2) is 9.13 Å². The Bertz CT molecular complexity index is 3980. The zero-order chi connectivity index (χ0) is 45.7. The molecule has 0 aliphatic rings. The van der Waals surface area contributed by atoms with Crippen molar-refractivity contribution in [3.63, 3.8) is 0 Å². The predicted octanol–water partition coefficient (Wildman–Crippen LogP) is 18.0. The van der Waals surface area contributed by atoms with Gasteiger partial charge in [-0.15, -0.1) is 0 Å². The Kier molecular flexibility index (Phi) is 9.84. The summed E-state index contributed by atoms with van der Waals surface area (Å²) < 4.78 is 4.80. The van der Waals surface area contributed by atoms with Crippen molar-refractivity contribution in [2.75, 3.05) is 4.90 Å². The molecule has 11 aromatic carbocycles. The molecule has 13 rings (SSSR count). The van der Waals surface area contributed by atoms with Crippen LogP contribution in [0.5, 0.6) is 0 Å². The minimum atomic E-state index is 1.06. The highest BCUT2D eigenvalue weighted by molar-refractivity contribution is 6.17. The van der Waals surface area contributed by atoms with Gasteiger partial charge in [0.1, 0.15) is 0 Å². The third kappa shape index (κ3) is 6.82. The van der Waals surface area contributed by atoms with Crippen LogP contribution in [-0.2, 0) is 0 Å². The summed E-state index contributed by atoms with van der Waals surface area (Å²) in [5.74, 6) is 0. The molecule has 0 bridgehead atoms. The van der Waals surface area contributed by atoms with Crippen LogP contribution < -0.4 is 4.90 Å². The number of anilines is 3. The van der Waals surface area contributed by atoms with E-state index < -0.39 is 0 Å². The van der Waals surface area contributed by atoms with Gasteiger partial charge in [-0.2, -0.15) is 0 Å². The summed E-state index contributed by atoms with van der Waals surface area (Å²) in [6.07, 6.45) is 0. The molecular weight excluding hydrogens is 835 g/mol. The van der Waals surface area contributed by atoms with Gasteiger partial charge in [0, 0.05) is 44.2 Å². The van der Waals surface area contributed by atoms with Crippen LogP contribution in [0.1, 0.15) is 0 Å². The van der Waals surface area contributed by atoms with Crippen molar-refractivity contribution in [1.82, 2.24) is 9.13 Å². The van der Waals surface area contributed by atoms with Gasteiger partial charge in [-0.25, -0.2) is 0 Å². The van der Waals surface area contributed by atoms with Gasteiger partial charge in [0.25, 0.3) is 0 Å². The summed E-state index contributed by atoms with van der Waals surface area (Å²) >= 11 is 0. The normalized spacial score (nSPS) is 11.5. The molecule has 0 aliphatic carbocycles. The average Bonchev–Trinajstić information content (AvgIpc) is 3.95. The number of nitrogens with zero attached hydrogens (tertiary/aromatic N) is 3. The van der Waals surface area contributed by atoms with E-state index in [1.54, 1.807) is 0 Å². The number of hydrogen-bond acceptors (Lipinski definition) is 1. The van der Waals surface area contributed by atoms with Gasteiger partial charge in [-0.1, -0.05) is 200 Å². The lowest BCUT2D eigenvalue weighted by atomic mass is 9.87. The third-order valence-electron chi connectivity index (χ3n) is 13.7. The molecule has 0 N–H and O–H groups in total. The van der Waals surface area contributed by atoms with Crippen LogP contribution in [0.2, 0.25) is 0 Å². The van der Waals surface area contributed by atoms with Crippen LogP contribution in [0.15, 0.2) is 273 Å². The number of hydrogen-bond donors (Lipinski definition) is 0. The summed E-state index contributed by atoms with van der Waals surface area (Å²) in [6.45, 7) is 0. The van der Waals surface area contributed by atoms with Gasteiger partial charge in [-0.05, 0) is 112 Å². The Hall–Kier alpha value is -9.18. The highest BCUT2D eigenvalue weighted by Crippen LogP contribution is 2.51. The maximum Gasteiger partial charge on any atom is 0.0562 e. The molecule has 13 aromatic rings. The third-order valence-corrected chi connectivity index (χ3v) is 13.7. The number of fused-ring (bicyclic) bond motifs is 6. The molecule has 0 radical (unpaired) electrons. The van der Waals surface area contributed by atoms with E-state index in [1.807, 2.05) is 0 Å². The monoisotopic (exact) mass is 879 g/mol. The minimum absolute atomic E-state index is 1.06. The van der Waals surface area contributed by atoms with Crippen molar-refractivity contribution < 1.29 is 0 Å². The second kappa shape index (κ2) is 16.9. The first kappa shape index (κ1) is 40.1. The fourth-order valence-electron chi connectivity index (χ4n) is 10.7. The van der Waals surface area contributed by atoms with E-state index in [4.69, 9.17) is 0 Å². The van der Waals surface area contributed by atoms with E-state index in [-0.39, 0.29) is 0 Å². The Morgan fingerprint density at radius 2 is 0.725 bits per heavy atom. The molecule has 0 atom stereocenters. The number of benzene rings is 11. The fourth-order valence-corrected chi connectivity index (χ4v) is 10.7. The molecular formula is C66H45N3. The molecule has 0 spiro atoms. The van der Waals surface area contributed by atoms with Gasteiger partial charge in [0.15, 0.2) is 0 Å². The van der Waals surface area contributed by atoms with Gasteiger partial charge in [0.2, 0.25) is 0 Å². The van der Waals surface area contributed by atoms with Gasteiger partial charge >= 0.3 is 0 Å². The van der Waals surface area contributed by atoms with Crippen LogP contribution in [0.25, 0.3) is 99.5 Å². The zero-order valence-corrected chi connectivity index (χ0v) is 37.8. The van der Waals surface area contributed by atoms with Crippen LogP contribution >= 0.6 is 0 Å². The smallest absolute Gasteiger partial charge is 0.0562 e. The minimum Gasteiger partial charge on any atom is -0.309 e. The average molecular weight is 880 g/mol. The second-order valence-corrected chi connectivity index (χ2v) is 17.6. The van der Waals surface area contributed by atoms with Crippen molar-refractivity contribution in [2.24, 2.45) is 0 Å². The molecule has 0 amide bonds. The maximum absolute atomic E-state index is 2.51. The summed E-state index contributed by atoms with van der Waals surface area (Å²) in [5.41, 5.74) is 19.6. The Morgan fingerprint density at radius 1 is 0.261 bits per heavy atom. The lowest BCUT2D eigenvalue weighted by molar-refractivity contribution is 1.18. The van der Waals surface area contributed by atoms with E-state index in [9.17, 15) is 0 Å². The Balaban J connectivity index is 1.07. The highest BCUT2D eigenvalue weighted by Gasteiger charge is 2.26. The molecule has 69 heavy (non-hydrogen) atoms. The molecule has 3 heteroatoms. The maximum atomic E-state index is 2.51. The fraction of sp³-hybridized carbons (Fsp3) is 0. The van der Waals surface area contributed by atoms with E-state index >= 15 is 0 Å². The number of para-hydroxylation sites is 4. The molecule has 324 valence electrons. The van der Waals surface area contributed by atoms with Crippen LogP contribution in [0.4, 0.5) is 17.1 Å². The lowest BCUT2D eigenvalue weighted by Gasteiger charge is -2.30. The second-order valence-electron chi connectivity index (χ2n) is 17.6. The van der Waals surface area contributed by atoms with Crippen molar-refractivity contribution in [2.45, 2.75) is 0 Å². The summed E-state index contributed by atoms with van der Waals surface area (Å²) in [6, 6.07) is 99.3. The van der Waals surface area contributed by atoms with E-state index in [0.29, 0.717) is 0 Å². The molecule has 2 aromatic heterocycles. The quantitative estimate of drug-likeness (QED) is 0.141. The summed E-state index contributed by atoms with van der Waals surface area (Å²) in [4.78, 5) is 2.51. The molecule has 0 aliphatic heterocycles. The largest absolute Gasteiger partial charge is 0.309 e. The Morgan fingerprint density at radius 3 is 1.41 bits per heavy atom. The van der Waals surface area contributed by atoms with Gasteiger partial charge in [0.05, 0.1) is 33.4 Å². The number of rotatable bonds is 9. The SMILES string of the molecule is c1ccc(-c2ccccc2-c2c(-c3ccccc3)cccc2N(c2ccc(-c3ccc4c5ccccc5n(-c5ccccc5)c4c3)cc2)c2cccc3c2c2ccccc2n3-c2ccccc2)cc1. The first-order valence-corrected chi connectivity index (χ1v) is 23.7.